The second-order valence-corrected chi connectivity index (χ2v) is 5.01. The molecule has 1 aromatic rings. The Morgan fingerprint density at radius 3 is 3.20 bits per heavy atom. The zero-order valence-electron chi connectivity index (χ0n) is 11.6. The number of carbonyl (C=O) groups is 1. The lowest BCUT2D eigenvalue weighted by Crippen LogP contribution is -2.45. The van der Waals surface area contributed by atoms with E-state index in [9.17, 15) is 4.79 Å². The Hall–Kier alpha value is -1.90. The summed E-state index contributed by atoms with van der Waals surface area (Å²) < 4.78 is 5.44. The molecule has 106 valence electrons. The summed E-state index contributed by atoms with van der Waals surface area (Å²) >= 11 is 0. The van der Waals surface area contributed by atoms with E-state index >= 15 is 0 Å². The number of nitriles is 1. The van der Waals surface area contributed by atoms with Crippen molar-refractivity contribution in [3.8, 4) is 6.07 Å². The van der Waals surface area contributed by atoms with Crippen LogP contribution in [0.2, 0.25) is 0 Å². The summed E-state index contributed by atoms with van der Waals surface area (Å²) in [4.78, 5) is 14.0. The second kappa shape index (κ2) is 7.04. The molecule has 1 fully saturated rings. The molecule has 1 unspecified atom stereocenters. The van der Waals surface area contributed by atoms with E-state index in [1.54, 1.807) is 12.1 Å². The molecule has 1 saturated heterocycles. The first-order chi connectivity index (χ1) is 9.67. The third-order valence-corrected chi connectivity index (χ3v) is 3.24. The van der Waals surface area contributed by atoms with Crippen molar-refractivity contribution in [2.24, 2.45) is 0 Å². The van der Waals surface area contributed by atoms with E-state index in [-0.39, 0.29) is 12.0 Å². The van der Waals surface area contributed by atoms with Crippen LogP contribution in [0, 0.1) is 11.3 Å². The molecule has 1 atom stereocenters. The van der Waals surface area contributed by atoms with E-state index in [2.05, 4.69) is 16.3 Å². The number of ether oxygens (including phenoxy) is 1. The minimum Gasteiger partial charge on any atom is -0.376 e. The van der Waals surface area contributed by atoms with Crippen molar-refractivity contribution in [3.05, 3.63) is 35.4 Å². The van der Waals surface area contributed by atoms with Gasteiger partial charge in [-0.25, -0.2) is 0 Å². The fraction of sp³-hybridized carbons (Fsp3) is 0.467. The summed E-state index contributed by atoms with van der Waals surface area (Å²) in [6, 6.07) is 9.35. The SMILES string of the molecule is CC1CN(CC(=O)NCc2cccc(C#N)c2)CCO1. The van der Waals surface area contributed by atoms with Gasteiger partial charge in [0.1, 0.15) is 0 Å². The molecule has 0 saturated carbocycles. The van der Waals surface area contributed by atoms with Crippen LogP contribution in [0.15, 0.2) is 24.3 Å². The molecule has 0 radical (unpaired) electrons. The maximum atomic E-state index is 11.9. The lowest BCUT2D eigenvalue weighted by molar-refractivity contribution is -0.124. The van der Waals surface area contributed by atoms with Crippen molar-refractivity contribution in [3.63, 3.8) is 0 Å². The lowest BCUT2D eigenvalue weighted by atomic mass is 10.1. The van der Waals surface area contributed by atoms with Crippen molar-refractivity contribution in [1.82, 2.24) is 10.2 Å². The number of amides is 1. The Bertz CT molecular complexity index is 510. The lowest BCUT2D eigenvalue weighted by Gasteiger charge is -2.30. The number of nitrogens with zero attached hydrogens (tertiary/aromatic N) is 2. The quantitative estimate of drug-likeness (QED) is 0.885. The van der Waals surface area contributed by atoms with Crippen LogP contribution in [0.3, 0.4) is 0 Å². The van der Waals surface area contributed by atoms with Crippen molar-refractivity contribution in [2.75, 3.05) is 26.2 Å². The van der Waals surface area contributed by atoms with E-state index < -0.39 is 0 Å². The van der Waals surface area contributed by atoms with Gasteiger partial charge in [-0.05, 0) is 24.6 Å². The monoisotopic (exact) mass is 273 g/mol. The van der Waals surface area contributed by atoms with Crippen LogP contribution in [0.1, 0.15) is 18.1 Å². The van der Waals surface area contributed by atoms with Gasteiger partial charge in [0.15, 0.2) is 0 Å². The van der Waals surface area contributed by atoms with Gasteiger partial charge in [0.25, 0.3) is 0 Å². The van der Waals surface area contributed by atoms with E-state index in [1.165, 1.54) is 0 Å². The maximum absolute atomic E-state index is 11.9. The Labute approximate surface area is 119 Å². The highest BCUT2D eigenvalue weighted by atomic mass is 16.5. The Balaban J connectivity index is 1.78. The van der Waals surface area contributed by atoms with Gasteiger partial charge in [0.2, 0.25) is 5.91 Å². The summed E-state index contributed by atoms with van der Waals surface area (Å²) in [6.07, 6.45) is 0.184. The first kappa shape index (κ1) is 14.5. The van der Waals surface area contributed by atoms with E-state index in [0.29, 0.717) is 25.3 Å². The fourth-order valence-electron chi connectivity index (χ4n) is 2.24. The number of hydrogen-bond donors (Lipinski definition) is 1. The average Bonchev–Trinajstić information content (AvgIpc) is 2.45. The van der Waals surface area contributed by atoms with Gasteiger partial charge in [-0.2, -0.15) is 5.26 Å². The third-order valence-electron chi connectivity index (χ3n) is 3.24. The van der Waals surface area contributed by atoms with Crippen LogP contribution in [0.5, 0.6) is 0 Å². The maximum Gasteiger partial charge on any atom is 0.234 e. The minimum absolute atomic E-state index is 0.00135. The van der Waals surface area contributed by atoms with Gasteiger partial charge in [-0.15, -0.1) is 0 Å². The molecule has 2 rings (SSSR count). The predicted molar refractivity (Wildman–Crippen MR) is 74.9 cm³/mol. The molecule has 5 nitrogen and oxygen atoms in total. The Kier molecular flexibility index (Phi) is 5.10. The normalized spacial score (nSPS) is 19.3. The summed E-state index contributed by atoms with van der Waals surface area (Å²) in [5.74, 6) is 0.00135. The smallest absolute Gasteiger partial charge is 0.234 e. The summed E-state index contributed by atoms with van der Waals surface area (Å²) in [5.41, 5.74) is 1.55. The zero-order valence-corrected chi connectivity index (χ0v) is 11.6. The zero-order chi connectivity index (χ0) is 14.4. The molecule has 0 spiro atoms. The highest BCUT2D eigenvalue weighted by Gasteiger charge is 2.18. The number of nitrogens with one attached hydrogen (secondary N) is 1. The van der Waals surface area contributed by atoms with Gasteiger partial charge in [0, 0.05) is 19.6 Å². The van der Waals surface area contributed by atoms with Gasteiger partial charge >= 0.3 is 0 Å². The number of morpholine rings is 1. The average molecular weight is 273 g/mol. The van der Waals surface area contributed by atoms with E-state index in [1.807, 2.05) is 19.1 Å². The van der Waals surface area contributed by atoms with Gasteiger partial charge in [-0.3, -0.25) is 9.69 Å². The van der Waals surface area contributed by atoms with Crippen LogP contribution in [0.25, 0.3) is 0 Å². The van der Waals surface area contributed by atoms with E-state index in [0.717, 1.165) is 18.7 Å². The molecular weight excluding hydrogens is 254 g/mol. The van der Waals surface area contributed by atoms with Crippen LogP contribution in [-0.4, -0.2) is 43.2 Å². The Morgan fingerprint density at radius 1 is 1.60 bits per heavy atom. The molecule has 1 heterocycles. The number of hydrogen-bond acceptors (Lipinski definition) is 4. The number of carbonyl (C=O) groups excluding carboxylic acids is 1. The van der Waals surface area contributed by atoms with E-state index in [4.69, 9.17) is 10.00 Å². The number of benzene rings is 1. The van der Waals surface area contributed by atoms with Crippen molar-refractivity contribution in [1.29, 1.82) is 5.26 Å². The van der Waals surface area contributed by atoms with Crippen molar-refractivity contribution in [2.45, 2.75) is 19.6 Å². The molecule has 1 N–H and O–H groups in total. The van der Waals surface area contributed by atoms with Crippen molar-refractivity contribution >= 4 is 5.91 Å². The molecule has 0 bridgehead atoms. The van der Waals surface area contributed by atoms with Crippen molar-refractivity contribution < 1.29 is 9.53 Å². The third kappa shape index (κ3) is 4.34. The summed E-state index contributed by atoms with van der Waals surface area (Å²) in [7, 11) is 0. The molecule has 5 heteroatoms. The largest absolute Gasteiger partial charge is 0.376 e. The van der Waals surface area contributed by atoms with Crippen LogP contribution in [-0.2, 0) is 16.1 Å². The fourth-order valence-corrected chi connectivity index (χ4v) is 2.24. The number of rotatable bonds is 4. The van der Waals surface area contributed by atoms with Crippen LogP contribution < -0.4 is 5.32 Å². The molecule has 1 amide bonds. The molecule has 0 aromatic heterocycles. The molecular formula is C15H19N3O2. The highest BCUT2D eigenvalue weighted by molar-refractivity contribution is 5.78. The predicted octanol–water partition coefficient (Wildman–Crippen LogP) is 0.895. The topological polar surface area (TPSA) is 65.4 Å². The summed E-state index contributed by atoms with van der Waals surface area (Å²) in [5, 5.41) is 11.7. The molecule has 1 aliphatic rings. The molecule has 0 aliphatic carbocycles. The molecule has 1 aliphatic heterocycles. The standard InChI is InChI=1S/C15H19N3O2/c1-12-10-18(5-6-20-12)11-15(19)17-9-14-4-2-3-13(7-14)8-16/h2-4,7,12H,5-6,9-11H2,1H3,(H,17,19). The molecule has 1 aromatic carbocycles. The summed E-state index contributed by atoms with van der Waals surface area (Å²) in [6.45, 7) is 5.12. The van der Waals surface area contributed by atoms with Crippen LogP contribution >= 0.6 is 0 Å². The second-order valence-electron chi connectivity index (χ2n) is 5.01. The van der Waals surface area contributed by atoms with Gasteiger partial charge in [0.05, 0.1) is 30.9 Å². The van der Waals surface area contributed by atoms with Gasteiger partial charge in [-0.1, -0.05) is 12.1 Å². The van der Waals surface area contributed by atoms with Gasteiger partial charge < -0.3 is 10.1 Å². The van der Waals surface area contributed by atoms with Crippen LogP contribution in [0.4, 0.5) is 0 Å². The first-order valence-corrected chi connectivity index (χ1v) is 6.77. The molecule has 20 heavy (non-hydrogen) atoms. The minimum atomic E-state index is 0.00135. The first-order valence-electron chi connectivity index (χ1n) is 6.77. The Morgan fingerprint density at radius 2 is 2.45 bits per heavy atom. The highest BCUT2D eigenvalue weighted by Crippen LogP contribution is 2.05.